The maximum atomic E-state index is 11.0. The molecule has 0 aliphatic carbocycles. The van der Waals surface area contributed by atoms with E-state index < -0.39 is 0 Å². The van der Waals surface area contributed by atoms with Crippen molar-refractivity contribution in [3.63, 3.8) is 0 Å². The number of ether oxygens (including phenoxy) is 2. The van der Waals surface area contributed by atoms with E-state index in [-0.39, 0.29) is 12.4 Å². The minimum absolute atomic E-state index is 0.177. The van der Waals surface area contributed by atoms with Gasteiger partial charge in [0.05, 0.1) is 25.8 Å². The first-order valence-electron chi connectivity index (χ1n) is 4.82. The number of nitrogens with zero attached hydrogens (tertiary/aromatic N) is 1. The van der Waals surface area contributed by atoms with Gasteiger partial charge in [-0.2, -0.15) is 0 Å². The summed E-state index contributed by atoms with van der Waals surface area (Å²) in [4.78, 5) is 15.2. The Bertz CT molecular complexity index is 350. The van der Waals surface area contributed by atoms with Crippen LogP contribution in [0, 0.1) is 6.92 Å². The number of pyridine rings is 1. The molecule has 0 aromatic carbocycles. The molecule has 0 atom stereocenters. The second-order valence-corrected chi connectivity index (χ2v) is 3.13. The normalized spacial score (nSPS) is 9.80. The molecule has 82 valence electrons. The van der Waals surface area contributed by atoms with Gasteiger partial charge in [0, 0.05) is 17.8 Å². The van der Waals surface area contributed by atoms with E-state index in [4.69, 9.17) is 4.74 Å². The second-order valence-electron chi connectivity index (χ2n) is 3.13. The Kier molecular flexibility index (Phi) is 4.09. The topological polar surface area (TPSA) is 48.4 Å². The van der Waals surface area contributed by atoms with Gasteiger partial charge in [-0.05, 0) is 13.8 Å². The number of esters is 1. The van der Waals surface area contributed by atoms with Crippen molar-refractivity contribution < 1.29 is 14.3 Å². The summed E-state index contributed by atoms with van der Waals surface area (Å²) in [5.41, 5.74) is 1.63. The number of methoxy groups -OCH3 is 1. The number of aryl methyl sites for hydroxylation is 1. The number of aromatic nitrogens is 1. The highest BCUT2D eigenvalue weighted by Crippen LogP contribution is 2.17. The highest BCUT2D eigenvalue weighted by atomic mass is 16.5. The molecule has 0 aliphatic heterocycles. The number of hydrogen-bond donors (Lipinski definition) is 0. The minimum Gasteiger partial charge on any atom is -0.493 e. The maximum Gasteiger partial charge on any atom is 0.311 e. The van der Waals surface area contributed by atoms with Crippen LogP contribution < -0.4 is 4.74 Å². The predicted octanol–water partition coefficient (Wildman–Crippen LogP) is 1.50. The molecular weight excluding hydrogens is 194 g/mol. The van der Waals surface area contributed by atoms with Crippen molar-refractivity contribution in [2.75, 3.05) is 13.7 Å². The third-order valence-corrected chi connectivity index (χ3v) is 1.96. The van der Waals surface area contributed by atoms with E-state index in [9.17, 15) is 4.79 Å². The van der Waals surface area contributed by atoms with Crippen LogP contribution in [-0.4, -0.2) is 24.7 Å². The molecule has 1 heterocycles. The molecule has 0 radical (unpaired) electrons. The van der Waals surface area contributed by atoms with Crippen LogP contribution >= 0.6 is 0 Å². The van der Waals surface area contributed by atoms with E-state index in [1.165, 1.54) is 7.11 Å². The molecule has 1 rings (SSSR count). The highest BCUT2D eigenvalue weighted by Gasteiger charge is 2.07. The van der Waals surface area contributed by atoms with Crippen LogP contribution in [0.5, 0.6) is 5.75 Å². The summed E-state index contributed by atoms with van der Waals surface area (Å²) >= 11 is 0. The third-order valence-electron chi connectivity index (χ3n) is 1.96. The minimum atomic E-state index is -0.297. The fourth-order valence-corrected chi connectivity index (χ4v) is 1.17. The standard InChI is InChI=1S/C11H15NO3/c1-4-15-10-5-9(6-11(13)14-3)12-7-8(10)2/h5,7H,4,6H2,1-3H3. The van der Waals surface area contributed by atoms with Gasteiger partial charge in [0.1, 0.15) is 5.75 Å². The van der Waals surface area contributed by atoms with Crippen LogP contribution in [0.15, 0.2) is 12.3 Å². The van der Waals surface area contributed by atoms with Crippen LogP contribution in [0.4, 0.5) is 0 Å². The lowest BCUT2D eigenvalue weighted by Gasteiger charge is -2.07. The van der Waals surface area contributed by atoms with Gasteiger partial charge in [-0.3, -0.25) is 9.78 Å². The highest BCUT2D eigenvalue weighted by molar-refractivity contribution is 5.71. The largest absolute Gasteiger partial charge is 0.493 e. The van der Waals surface area contributed by atoms with Crippen LogP contribution in [0.3, 0.4) is 0 Å². The SMILES string of the molecule is CCOc1cc(CC(=O)OC)ncc1C. The molecule has 4 nitrogen and oxygen atoms in total. The number of carbonyl (C=O) groups is 1. The lowest BCUT2D eigenvalue weighted by Crippen LogP contribution is -2.07. The van der Waals surface area contributed by atoms with Crippen LogP contribution in [-0.2, 0) is 16.0 Å². The quantitative estimate of drug-likeness (QED) is 0.705. The first-order valence-corrected chi connectivity index (χ1v) is 4.82. The van der Waals surface area contributed by atoms with Crippen molar-refractivity contribution in [2.45, 2.75) is 20.3 Å². The van der Waals surface area contributed by atoms with E-state index in [0.29, 0.717) is 12.3 Å². The Balaban J connectivity index is 2.82. The molecule has 0 spiro atoms. The smallest absolute Gasteiger partial charge is 0.311 e. The second kappa shape index (κ2) is 5.34. The van der Waals surface area contributed by atoms with Crippen molar-refractivity contribution in [1.82, 2.24) is 4.98 Å². The molecule has 0 bridgehead atoms. The zero-order valence-corrected chi connectivity index (χ0v) is 9.24. The van der Waals surface area contributed by atoms with E-state index in [2.05, 4.69) is 9.72 Å². The number of hydrogen-bond acceptors (Lipinski definition) is 4. The Morgan fingerprint density at radius 2 is 2.27 bits per heavy atom. The fraction of sp³-hybridized carbons (Fsp3) is 0.455. The molecule has 0 amide bonds. The average Bonchev–Trinajstić information content (AvgIpc) is 2.23. The Hall–Kier alpha value is -1.58. The van der Waals surface area contributed by atoms with Gasteiger partial charge in [-0.1, -0.05) is 0 Å². The first-order chi connectivity index (χ1) is 7.17. The summed E-state index contributed by atoms with van der Waals surface area (Å²) < 4.78 is 9.96. The third kappa shape index (κ3) is 3.23. The van der Waals surface area contributed by atoms with Gasteiger partial charge >= 0.3 is 5.97 Å². The number of carbonyl (C=O) groups excluding carboxylic acids is 1. The van der Waals surface area contributed by atoms with Crippen LogP contribution in [0.2, 0.25) is 0 Å². The molecule has 4 heteroatoms. The fourth-order valence-electron chi connectivity index (χ4n) is 1.17. The Labute approximate surface area is 89.2 Å². The first kappa shape index (κ1) is 11.5. The molecule has 0 unspecified atom stereocenters. The van der Waals surface area contributed by atoms with Gasteiger partial charge in [0.25, 0.3) is 0 Å². The van der Waals surface area contributed by atoms with E-state index in [0.717, 1.165) is 11.3 Å². The van der Waals surface area contributed by atoms with Crippen molar-refractivity contribution in [2.24, 2.45) is 0 Å². The van der Waals surface area contributed by atoms with Crippen LogP contribution in [0.25, 0.3) is 0 Å². The summed E-state index contributed by atoms with van der Waals surface area (Å²) in [6, 6.07) is 1.77. The average molecular weight is 209 g/mol. The molecule has 0 fully saturated rings. The maximum absolute atomic E-state index is 11.0. The molecular formula is C11H15NO3. The van der Waals surface area contributed by atoms with Crippen molar-refractivity contribution >= 4 is 5.97 Å². The molecule has 1 aromatic heterocycles. The molecule has 0 aliphatic rings. The van der Waals surface area contributed by atoms with Crippen molar-refractivity contribution in [3.8, 4) is 5.75 Å². The van der Waals surface area contributed by atoms with E-state index in [1.54, 1.807) is 12.3 Å². The predicted molar refractivity (Wildman–Crippen MR) is 55.9 cm³/mol. The van der Waals surface area contributed by atoms with E-state index in [1.807, 2.05) is 13.8 Å². The summed E-state index contributed by atoms with van der Waals surface area (Å²) in [6.07, 6.45) is 1.88. The summed E-state index contributed by atoms with van der Waals surface area (Å²) in [5, 5.41) is 0. The summed E-state index contributed by atoms with van der Waals surface area (Å²) in [7, 11) is 1.36. The summed E-state index contributed by atoms with van der Waals surface area (Å²) in [6.45, 7) is 4.43. The number of rotatable bonds is 4. The zero-order valence-electron chi connectivity index (χ0n) is 9.24. The monoisotopic (exact) mass is 209 g/mol. The molecule has 0 saturated heterocycles. The van der Waals surface area contributed by atoms with Gasteiger partial charge in [0.2, 0.25) is 0 Å². The molecule has 0 saturated carbocycles. The van der Waals surface area contributed by atoms with Crippen molar-refractivity contribution in [3.05, 3.63) is 23.5 Å². The van der Waals surface area contributed by atoms with Gasteiger partial charge < -0.3 is 9.47 Å². The lowest BCUT2D eigenvalue weighted by molar-refractivity contribution is -0.139. The summed E-state index contributed by atoms with van der Waals surface area (Å²) in [5.74, 6) is 0.472. The molecule has 1 aromatic rings. The van der Waals surface area contributed by atoms with Crippen molar-refractivity contribution in [1.29, 1.82) is 0 Å². The van der Waals surface area contributed by atoms with Gasteiger partial charge in [-0.25, -0.2) is 0 Å². The zero-order chi connectivity index (χ0) is 11.3. The van der Waals surface area contributed by atoms with Gasteiger partial charge in [0.15, 0.2) is 0 Å². The van der Waals surface area contributed by atoms with Gasteiger partial charge in [-0.15, -0.1) is 0 Å². The molecule has 15 heavy (non-hydrogen) atoms. The van der Waals surface area contributed by atoms with E-state index >= 15 is 0 Å². The van der Waals surface area contributed by atoms with Crippen LogP contribution in [0.1, 0.15) is 18.2 Å². The molecule has 0 N–H and O–H groups in total. The lowest BCUT2D eigenvalue weighted by atomic mass is 10.2. The Morgan fingerprint density at radius 1 is 1.53 bits per heavy atom. The Morgan fingerprint density at radius 3 is 2.87 bits per heavy atom.